The number of nitro groups is 1. The number of halogens is 1. The molecule has 146 valence electrons. The van der Waals surface area contributed by atoms with Gasteiger partial charge in [-0.25, -0.2) is 4.98 Å². The number of nitrogens with zero attached hydrogens (tertiary/aromatic N) is 3. The molecule has 1 heterocycles. The Morgan fingerprint density at radius 2 is 1.90 bits per heavy atom. The number of aromatic nitrogens is 1. The Labute approximate surface area is 180 Å². The predicted octanol–water partition coefficient (Wildman–Crippen LogP) is 6.71. The van der Waals surface area contributed by atoms with E-state index in [9.17, 15) is 15.4 Å². The number of para-hydroxylation sites is 2. The number of thiazole rings is 1. The summed E-state index contributed by atoms with van der Waals surface area (Å²) in [5, 5.41) is 22.1. The molecular formula is C22H12ClN3O3S. The summed E-state index contributed by atoms with van der Waals surface area (Å²) in [7, 11) is 0. The minimum absolute atomic E-state index is 0.0590. The summed E-state index contributed by atoms with van der Waals surface area (Å²) >= 11 is 7.47. The van der Waals surface area contributed by atoms with Gasteiger partial charge in [0.15, 0.2) is 0 Å². The molecule has 0 N–H and O–H groups in total. The molecule has 4 aromatic rings. The molecule has 6 nitrogen and oxygen atoms in total. The molecule has 8 heteroatoms. The van der Waals surface area contributed by atoms with Crippen molar-refractivity contribution in [3.63, 3.8) is 0 Å². The van der Waals surface area contributed by atoms with Crippen molar-refractivity contribution in [3.05, 3.63) is 92.4 Å². The van der Waals surface area contributed by atoms with Gasteiger partial charge in [-0.2, -0.15) is 5.26 Å². The molecule has 0 aliphatic rings. The highest BCUT2D eigenvalue weighted by Crippen LogP contribution is 2.36. The quantitative estimate of drug-likeness (QED) is 0.198. The number of rotatable bonds is 5. The van der Waals surface area contributed by atoms with Crippen molar-refractivity contribution in [2.45, 2.75) is 0 Å². The summed E-state index contributed by atoms with van der Waals surface area (Å²) < 4.78 is 6.60. The van der Waals surface area contributed by atoms with E-state index >= 15 is 0 Å². The van der Waals surface area contributed by atoms with Crippen molar-refractivity contribution in [2.75, 3.05) is 0 Å². The van der Waals surface area contributed by atoms with Gasteiger partial charge in [-0.1, -0.05) is 41.9 Å². The van der Waals surface area contributed by atoms with E-state index in [2.05, 4.69) is 11.1 Å². The second-order valence-electron chi connectivity index (χ2n) is 6.17. The van der Waals surface area contributed by atoms with Crippen molar-refractivity contribution in [3.8, 4) is 17.6 Å². The second-order valence-corrected chi connectivity index (χ2v) is 7.61. The van der Waals surface area contributed by atoms with Crippen LogP contribution < -0.4 is 4.74 Å². The molecule has 30 heavy (non-hydrogen) atoms. The third kappa shape index (κ3) is 4.01. The van der Waals surface area contributed by atoms with Crippen LogP contribution in [0.5, 0.6) is 11.5 Å². The smallest absolute Gasteiger partial charge is 0.312 e. The van der Waals surface area contributed by atoms with E-state index in [1.54, 1.807) is 36.4 Å². The molecule has 0 saturated carbocycles. The first-order chi connectivity index (χ1) is 14.5. The fraction of sp³-hybridized carbons (Fsp3) is 0. The van der Waals surface area contributed by atoms with Crippen LogP contribution in [0.15, 0.2) is 66.7 Å². The summed E-state index contributed by atoms with van der Waals surface area (Å²) in [6, 6.07) is 20.9. The number of ether oxygens (including phenoxy) is 1. The molecule has 0 aliphatic heterocycles. The SMILES string of the molecule is N#C/C(=C\c1ccc(Oc2ccccc2Cl)c([N+](=O)[O-])c1)c1nc2ccccc2s1. The fourth-order valence-corrected chi connectivity index (χ4v) is 3.90. The van der Waals surface area contributed by atoms with Crippen LogP contribution in [0.1, 0.15) is 10.6 Å². The summed E-state index contributed by atoms with van der Waals surface area (Å²) in [6.07, 6.45) is 1.57. The zero-order valence-electron chi connectivity index (χ0n) is 15.3. The molecule has 0 bridgehead atoms. The second kappa shape index (κ2) is 8.33. The van der Waals surface area contributed by atoms with Gasteiger partial charge in [0.2, 0.25) is 5.75 Å². The Morgan fingerprint density at radius 1 is 1.13 bits per heavy atom. The third-order valence-electron chi connectivity index (χ3n) is 4.19. The van der Waals surface area contributed by atoms with Crippen molar-refractivity contribution in [1.82, 2.24) is 4.98 Å². The summed E-state index contributed by atoms with van der Waals surface area (Å²) in [4.78, 5) is 15.5. The number of benzene rings is 3. The van der Waals surface area contributed by atoms with Crippen LogP contribution in [-0.2, 0) is 0 Å². The number of nitriles is 1. The fourth-order valence-electron chi connectivity index (χ4n) is 2.80. The Hall–Kier alpha value is -3.73. The van der Waals surface area contributed by atoms with Gasteiger partial charge in [-0.15, -0.1) is 11.3 Å². The number of hydrogen-bond donors (Lipinski definition) is 0. The van der Waals surface area contributed by atoms with Crippen LogP contribution in [0.3, 0.4) is 0 Å². The van der Waals surface area contributed by atoms with Gasteiger partial charge in [0.25, 0.3) is 0 Å². The Kier molecular flexibility index (Phi) is 5.44. The van der Waals surface area contributed by atoms with Gasteiger partial charge in [-0.3, -0.25) is 10.1 Å². The average molecular weight is 434 g/mol. The molecule has 0 spiro atoms. The summed E-state index contributed by atoms with van der Waals surface area (Å²) in [5.41, 5.74) is 1.38. The molecule has 0 fully saturated rings. The van der Waals surface area contributed by atoms with Gasteiger partial charge in [-0.05, 0) is 42.0 Å². The topological polar surface area (TPSA) is 89.0 Å². The van der Waals surface area contributed by atoms with Gasteiger partial charge >= 0.3 is 5.69 Å². The number of hydrogen-bond acceptors (Lipinski definition) is 6. The maximum atomic E-state index is 11.6. The Morgan fingerprint density at radius 3 is 2.63 bits per heavy atom. The van der Waals surface area contributed by atoms with Crippen molar-refractivity contribution < 1.29 is 9.66 Å². The van der Waals surface area contributed by atoms with Crippen molar-refractivity contribution in [2.24, 2.45) is 0 Å². The lowest BCUT2D eigenvalue weighted by atomic mass is 10.1. The molecule has 0 atom stereocenters. The largest absolute Gasteiger partial charge is 0.449 e. The molecule has 0 amide bonds. The number of fused-ring (bicyclic) bond motifs is 1. The first kappa shape index (κ1) is 19.6. The van der Waals surface area contributed by atoms with E-state index in [-0.39, 0.29) is 11.4 Å². The molecule has 0 aliphatic carbocycles. The first-order valence-corrected chi connectivity index (χ1v) is 9.93. The molecule has 0 unspecified atom stereocenters. The average Bonchev–Trinajstić information content (AvgIpc) is 3.18. The van der Waals surface area contributed by atoms with Crippen LogP contribution in [-0.4, -0.2) is 9.91 Å². The molecule has 3 aromatic carbocycles. The van der Waals surface area contributed by atoms with Gasteiger partial charge < -0.3 is 4.74 Å². The molecule has 0 radical (unpaired) electrons. The van der Waals surface area contributed by atoms with Gasteiger partial charge in [0, 0.05) is 6.07 Å². The van der Waals surface area contributed by atoms with Crippen molar-refractivity contribution >= 4 is 50.5 Å². The number of nitro benzene ring substituents is 1. The highest BCUT2D eigenvalue weighted by atomic mass is 35.5. The third-order valence-corrected chi connectivity index (χ3v) is 5.57. The normalized spacial score (nSPS) is 11.3. The Balaban J connectivity index is 1.72. The van der Waals surface area contributed by atoms with Crippen LogP contribution >= 0.6 is 22.9 Å². The van der Waals surface area contributed by atoms with Gasteiger partial charge in [0.1, 0.15) is 16.8 Å². The maximum Gasteiger partial charge on any atom is 0.312 e. The van der Waals surface area contributed by atoms with E-state index in [4.69, 9.17) is 16.3 Å². The van der Waals surface area contributed by atoms with E-state index in [1.165, 1.54) is 23.5 Å². The highest BCUT2D eigenvalue weighted by Gasteiger charge is 2.18. The maximum absolute atomic E-state index is 11.6. The zero-order valence-corrected chi connectivity index (χ0v) is 16.9. The van der Waals surface area contributed by atoms with Crippen LogP contribution in [0.2, 0.25) is 5.02 Å². The minimum Gasteiger partial charge on any atom is -0.449 e. The van der Waals surface area contributed by atoms with Crippen LogP contribution in [0.25, 0.3) is 21.9 Å². The summed E-state index contributed by atoms with van der Waals surface area (Å²) in [6.45, 7) is 0. The highest BCUT2D eigenvalue weighted by molar-refractivity contribution is 7.19. The summed E-state index contributed by atoms with van der Waals surface area (Å²) in [5.74, 6) is 0.376. The molecule has 0 saturated heterocycles. The van der Waals surface area contributed by atoms with Crippen LogP contribution in [0.4, 0.5) is 5.69 Å². The van der Waals surface area contributed by atoms with Crippen LogP contribution in [0, 0.1) is 21.4 Å². The molecule has 4 rings (SSSR count). The lowest BCUT2D eigenvalue weighted by Gasteiger charge is -2.08. The lowest BCUT2D eigenvalue weighted by Crippen LogP contribution is -1.94. The van der Waals surface area contributed by atoms with Crippen molar-refractivity contribution in [1.29, 1.82) is 5.26 Å². The number of allylic oxidation sites excluding steroid dienone is 1. The van der Waals surface area contributed by atoms with Gasteiger partial charge in [0.05, 0.1) is 25.7 Å². The van der Waals surface area contributed by atoms with E-state index < -0.39 is 4.92 Å². The minimum atomic E-state index is -0.534. The first-order valence-electron chi connectivity index (χ1n) is 8.74. The molecular weight excluding hydrogens is 422 g/mol. The lowest BCUT2D eigenvalue weighted by molar-refractivity contribution is -0.385. The predicted molar refractivity (Wildman–Crippen MR) is 118 cm³/mol. The standard InChI is InChI=1S/C22H12ClN3O3S/c23-16-5-1-3-7-19(16)29-20-10-9-14(12-18(20)26(27)28)11-15(13-24)22-25-17-6-2-4-8-21(17)30-22/h1-12H/b15-11+. The van der Waals surface area contributed by atoms with E-state index in [0.717, 1.165) is 10.2 Å². The van der Waals surface area contributed by atoms with E-state index in [1.807, 2.05) is 24.3 Å². The molecule has 1 aromatic heterocycles. The monoisotopic (exact) mass is 433 g/mol. The van der Waals surface area contributed by atoms with E-state index in [0.29, 0.717) is 26.9 Å². The zero-order chi connectivity index (χ0) is 21.1. The Bertz CT molecular complexity index is 1310.